The summed E-state index contributed by atoms with van der Waals surface area (Å²) in [5.74, 6) is 0.642. The van der Waals surface area contributed by atoms with E-state index < -0.39 is 0 Å². The lowest BCUT2D eigenvalue weighted by molar-refractivity contribution is 0.0562. The topological polar surface area (TPSA) is 46.3 Å². The second-order valence-electron chi connectivity index (χ2n) is 5.91. The fourth-order valence-corrected chi connectivity index (χ4v) is 3.25. The summed E-state index contributed by atoms with van der Waals surface area (Å²) in [6.45, 7) is 2.87. The molecule has 1 aliphatic carbocycles. The zero-order valence-corrected chi connectivity index (χ0v) is 13.4. The number of hydrogen-bond acceptors (Lipinski definition) is 2. The Balaban J connectivity index is 2.18. The molecule has 1 aromatic carbocycles. The Kier molecular flexibility index (Phi) is 5.74. The third kappa shape index (κ3) is 4.27. The summed E-state index contributed by atoms with van der Waals surface area (Å²) in [4.78, 5) is 15.3. The lowest BCUT2D eigenvalue weighted by Gasteiger charge is -2.38. The Morgan fingerprint density at radius 1 is 1.29 bits per heavy atom. The minimum atomic E-state index is 0.102. The summed E-state index contributed by atoms with van der Waals surface area (Å²) in [7, 11) is 0. The lowest BCUT2D eigenvalue weighted by atomic mass is 9.84. The van der Waals surface area contributed by atoms with Crippen molar-refractivity contribution >= 4 is 23.1 Å². The lowest BCUT2D eigenvalue weighted by Crippen LogP contribution is -2.46. The Bertz CT molecular complexity index is 489. The molecule has 3 nitrogen and oxygen atoms in total. The SMILES string of the molecule is CC1CCCCC1N(CCC(N)=S)C(=O)c1ccccc1. The Hall–Kier alpha value is -1.42. The monoisotopic (exact) mass is 304 g/mol. The molecule has 2 rings (SSSR count). The molecule has 0 radical (unpaired) electrons. The first kappa shape index (κ1) is 16.0. The van der Waals surface area contributed by atoms with Crippen LogP contribution in [0.5, 0.6) is 0 Å². The van der Waals surface area contributed by atoms with E-state index in [9.17, 15) is 4.79 Å². The van der Waals surface area contributed by atoms with Crippen molar-refractivity contribution in [1.29, 1.82) is 0 Å². The molecule has 2 unspecified atom stereocenters. The number of benzene rings is 1. The smallest absolute Gasteiger partial charge is 0.254 e. The van der Waals surface area contributed by atoms with Crippen LogP contribution >= 0.6 is 12.2 Å². The molecular weight excluding hydrogens is 280 g/mol. The van der Waals surface area contributed by atoms with Crippen molar-refractivity contribution in [2.75, 3.05) is 6.54 Å². The van der Waals surface area contributed by atoms with Gasteiger partial charge in [0.05, 0.1) is 4.99 Å². The molecule has 2 N–H and O–H groups in total. The number of thiocarbonyl (C=S) groups is 1. The van der Waals surface area contributed by atoms with Crippen LogP contribution in [0.1, 0.15) is 49.4 Å². The van der Waals surface area contributed by atoms with Gasteiger partial charge in [-0.2, -0.15) is 0 Å². The van der Waals surface area contributed by atoms with Crippen LogP contribution in [0.3, 0.4) is 0 Å². The molecule has 1 aliphatic rings. The zero-order valence-electron chi connectivity index (χ0n) is 12.6. The van der Waals surface area contributed by atoms with Gasteiger partial charge in [-0.25, -0.2) is 0 Å². The van der Waals surface area contributed by atoms with Gasteiger partial charge in [-0.15, -0.1) is 0 Å². The van der Waals surface area contributed by atoms with Crippen molar-refractivity contribution in [3.05, 3.63) is 35.9 Å². The minimum Gasteiger partial charge on any atom is -0.393 e. The zero-order chi connectivity index (χ0) is 15.2. The average Bonchev–Trinajstić information content (AvgIpc) is 2.49. The molecule has 1 amide bonds. The number of nitrogens with two attached hydrogens (primary N) is 1. The highest BCUT2D eigenvalue weighted by molar-refractivity contribution is 7.80. The maximum Gasteiger partial charge on any atom is 0.254 e. The fraction of sp³-hybridized carbons (Fsp3) is 0.529. The number of amides is 1. The maximum absolute atomic E-state index is 12.8. The van der Waals surface area contributed by atoms with Crippen LogP contribution in [0.4, 0.5) is 0 Å². The normalized spacial score (nSPS) is 21.8. The maximum atomic E-state index is 12.8. The Morgan fingerprint density at radius 3 is 2.57 bits per heavy atom. The Labute approximate surface area is 132 Å². The minimum absolute atomic E-state index is 0.102. The highest BCUT2D eigenvalue weighted by atomic mass is 32.1. The van der Waals surface area contributed by atoms with Crippen LogP contribution in [0, 0.1) is 5.92 Å². The number of nitrogens with zero attached hydrogens (tertiary/aromatic N) is 1. The predicted octanol–water partition coefficient (Wildman–Crippen LogP) is 3.38. The predicted molar refractivity (Wildman–Crippen MR) is 90.3 cm³/mol. The number of carbonyl (C=O) groups is 1. The van der Waals surface area contributed by atoms with Crippen LogP contribution in [-0.4, -0.2) is 28.4 Å². The Morgan fingerprint density at radius 2 is 1.95 bits per heavy atom. The molecule has 1 fully saturated rings. The highest BCUT2D eigenvalue weighted by Gasteiger charge is 2.30. The van der Waals surface area contributed by atoms with E-state index in [0.717, 1.165) is 12.0 Å². The van der Waals surface area contributed by atoms with E-state index in [1.54, 1.807) is 0 Å². The van der Waals surface area contributed by atoms with Gasteiger partial charge in [-0.3, -0.25) is 4.79 Å². The summed E-state index contributed by atoms with van der Waals surface area (Å²) in [5, 5.41) is 0. The van der Waals surface area contributed by atoms with Gasteiger partial charge in [0, 0.05) is 24.6 Å². The van der Waals surface area contributed by atoms with Crippen molar-refractivity contribution in [2.45, 2.75) is 45.1 Å². The van der Waals surface area contributed by atoms with Gasteiger partial charge in [-0.05, 0) is 30.9 Å². The first-order chi connectivity index (χ1) is 10.1. The van der Waals surface area contributed by atoms with Crippen LogP contribution in [-0.2, 0) is 0 Å². The largest absolute Gasteiger partial charge is 0.393 e. The molecule has 114 valence electrons. The first-order valence-corrected chi connectivity index (χ1v) is 8.14. The van der Waals surface area contributed by atoms with E-state index >= 15 is 0 Å². The van der Waals surface area contributed by atoms with E-state index in [1.807, 2.05) is 35.2 Å². The van der Waals surface area contributed by atoms with Crippen molar-refractivity contribution in [1.82, 2.24) is 4.90 Å². The second kappa shape index (κ2) is 7.55. The third-order valence-electron chi connectivity index (χ3n) is 4.35. The van der Waals surface area contributed by atoms with Crippen LogP contribution in [0.25, 0.3) is 0 Å². The number of hydrogen-bond donors (Lipinski definition) is 1. The van der Waals surface area contributed by atoms with Gasteiger partial charge in [0.25, 0.3) is 5.91 Å². The summed E-state index contributed by atoms with van der Waals surface area (Å²) in [6.07, 6.45) is 5.32. The summed E-state index contributed by atoms with van der Waals surface area (Å²) in [5.41, 5.74) is 6.39. The molecule has 1 saturated carbocycles. The van der Waals surface area contributed by atoms with Gasteiger partial charge in [0.1, 0.15) is 0 Å². The van der Waals surface area contributed by atoms with Gasteiger partial charge in [0.15, 0.2) is 0 Å². The first-order valence-electron chi connectivity index (χ1n) is 7.74. The van der Waals surface area contributed by atoms with Crippen LogP contribution in [0.15, 0.2) is 30.3 Å². The van der Waals surface area contributed by atoms with E-state index in [0.29, 0.717) is 29.9 Å². The summed E-state index contributed by atoms with van der Waals surface area (Å²) < 4.78 is 0. The van der Waals surface area contributed by atoms with Crippen molar-refractivity contribution in [2.24, 2.45) is 11.7 Å². The van der Waals surface area contributed by atoms with Gasteiger partial charge >= 0.3 is 0 Å². The standard InChI is InChI=1S/C17H24N2OS/c1-13-7-5-6-10-15(13)19(12-11-16(18)21)17(20)14-8-3-2-4-9-14/h2-4,8-9,13,15H,5-7,10-12H2,1H3,(H2,18,21). The van der Waals surface area contributed by atoms with E-state index in [-0.39, 0.29) is 5.91 Å². The molecule has 0 aliphatic heterocycles. The quantitative estimate of drug-likeness (QED) is 0.848. The molecule has 0 saturated heterocycles. The van der Waals surface area contributed by atoms with E-state index in [2.05, 4.69) is 6.92 Å². The fourth-order valence-electron chi connectivity index (χ4n) is 3.15. The van der Waals surface area contributed by atoms with Crippen molar-refractivity contribution < 1.29 is 4.79 Å². The second-order valence-corrected chi connectivity index (χ2v) is 6.43. The van der Waals surface area contributed by atoms with Crippen molar-refractivity contribution in [3.8, 4) is 0 Å². The molecule has 0 bridgehead atoms. The molecule has 2 atom stereocenters. The molecule has 4 heteroatoms. The number of rotatable bonds is 5. The molecule has 0 spiro atoms. The third-order valence-corrected chi connectivity index (χ3v) is 4.55. The number of carbonyl (C=O) groups excluding carboxylic acids is 1. The van der Waals surface area contributed by atoms with Gasteiger partial charge in [0.2, 0.25) is 0 Å². The highest BCUT2D eigenvalue weighted by Crippen LogP contribution is 2.29. The van der Waals surface area contributed by atoms with Crippen LogP contribution in [0.2, 0.25) is 0 Å². The van der Waals surface area contributed by atoms with Crippen molar-refractivity contribution in [3.63, 3.8) is 0 Å². The van der Waals surface area contributed by atoms with E-state index in [1.165, 1.54) is 19.3 Å². The molecule has 0 heterocycles. The van der Waals surface area contributed by atoms with Gasteiger partial charge < -0.3 is 10.6 Å². The average molecular weight is 304 g/mol. The van der Waals surface area contributed by atoms with Crippen LogP contribution < -0.4 is 5.73 Å². The molecule has 21 heavy (non-hydrogen) atoms. The van der Waals surface area contributed by atoms with Gasteiger partial charge in [-0.1, -0.05) is 50.2 Å². The molecular formula is C17H24N2OS. The van der Waals surface area contributed by atoms with E-state index in [4.69, 9.17) is 18.0 Å². The summed E-state index contributed by atoms with van der Waals surface area (Å²) in [6, 6.07) is 9.81. The molecule has 0 aromatic heterocycles. The summed E-state index contributed by atoms with van der Waals surface area (Å²) >= 11 is 4.99. The molecule has 1 aromatic rings.